The number of benzene rings is 1. The van der Waals surface area contributed by atoms with E-state index in [1.165, 1.54) is 17.0 Å². The lowest BCUT2D eigenvalue weighted by Gasteiger charge is -2.19. The van der Waals surface area contributed by atoms with E-state index in [1.807, 2.05) is 4.90 Å². The molecule has 8 nitrogen and oxygen atoms in total. The van der Waals surface area contributed by atoms with Gasteiger partial charge in [0.15, 0.2) is 0 Å². The number of imidazole rings is 1. The molecule has 0 bridgehead atoms. The van der Waals surface area contributed by atoms with Crippen LogP contribution in [0.4, 0.5) is 14.5 Å². The van der Waals surface area contributed by atoms with Crippen LogP contribution in [0, 0.1) is 5.82 Å². The van der Waals surface area contributed by atoms with Gasteiger partial charge >= 0.3 is 0 Å². The number of carbonyl (C=O) groups is 1. The van der Waals surface area contributed by atoms with E-state index in [2.05, 4.69) is 9.71 Å². The van der Waals surface area contributed by atoms with E-state index >= 15 is 0 Å². The number of likely N-dealkylation sites (tertiary alicyclic amines) is 1. The minimum Gasteiger partial charge on any atom is -0.308 e. The van der Waals surface area contributed by atoms with Gasteiger partial charge in [-0.3, -0.25) is 14.2 Å². The number of nitrogens with one attached hydrogen (secondary N) is 1. The molecule has 3 unspecified atom stereocenters. The molecule has 2 aromatic rings. The van der Waals surface area contributed by atoms with Crippen molar-refractivity contribution in [3.8, 4) is 5.69 Å². The summed E-state index contributed by atoms with van der Waals surface area (Å²) in [6.45, 7) is 1.74. The number of aromatic nitrogens is 2. The smallest absolute Gasteiger partial charge is 0.245 e. The average Bonchev–Trinajstić information content (AvgIpc) is 3.38. The number of hydrogen-bond acceptors (Lipinski definition) is 4. The zero-order valence-electron chi connectivity index (χ0n) is 15.5. The van der Waals surface area contributed by atoms with Gasteiger partial charge in [-0.15, -0.1) is 0 Å². The Morgan fingerprint density at radius 2 is 2.14 bits per heavy atom. The van der Waals surface area contributed by atoms with E-state index in [4.69, 9.17) is 4.55 Å². The molecular formula is C18H21F2N5O3S. The number of nitrogens with zero attached hydrogens (tertiary/aromatic N) is 4. The normalized spacial score (nSPS) is 23.8. The van der Waals surface area contributed by atoms with Gasteiger partial charge in [-0.1, -0.05) is 0 Å². The molecule has 156 valence electrons. The molecule has 1 aromatic heterocycles. The first-order chi connectivity index (χ1) is 13.9. The lowest BCUT2D eigenvalue weighted by molar-refractivity contribution is -0.118. The quantitative estimate of drug-likeness (QED) is 0.683. The third kappa shape index (κ3) is 4.22. The fraction of sp³-hybridized carbons (Fsp3) is 0.444. The first-order valence-corrected chi connectivity index (χ1v) is 10.4. The molecule has 2 aliphatic heterocycles. The van der Waals surface area contributed by atoms with E-state index in [9.17, 15) is 17.8 Å². The molecule has 0 aliphatic carbocycles. The molecule has 2 saturated heterocycles. The van der Waals surface area contributed by atoms with Crippen LogP contribution < -0.4 is 9.62 Å². The first-order valence-electron chi connectivity index (χ1n) is 9.29. The molecule has 29 heavy (non-hydrogen) atoms. The second kappa shape index (κ2) is 8.27. The number of halogens is 2. The lowest BCUT2D eigenvalue weighted by atomic mass is 10.2. The summed E-state index contributed by atoms with van der Waals surface area (Å²) < 4.78 is 52.0. The Hall–Kier alpha value is -2.21. The average molecular weight is 425 g/mol. The van der Waals surface area contributed by atoms with Crippen LogP contribution in [0.2, 0.25) is 0 Å². The maximum absolute atomic E-state index is 14.8. The molecule has 0 saturated carbocycles. The zero-order valence-corrected chi connectivity index (χ0v) is 16.3. The summed E-state index contributed by atoms with van der Waals surface area (Å²) in [5.41, 5.74) is 0.667. The van der Waals surface area contributed by atoms with Crippen LogP contribution in [0.5, 0.6) is 0 Å². The van der Waals surface area contributed by atoms with Gasteiger partial charge in [-0.2, -0.15) is 0 Å². The first kappa shape index (κ1) is 20.1. The SMILES string of the molecule is O=C1C(NS(=O)O)CCN1c1ccc(-n2ccnc2CN2CCC(F)C2)cc1F. The Kier molecular flexibility index (Phi) is 5.72. The second-order valence-electron chi connectivity index (χ2n) is 7.17. The Morgan fingerprint density at radius 3 is 2.83 bits per heavy atom. The van der Waals surface area contributed by atoms with E-state index in [1.54, 1.807) is 23.0 Å². The van der Waals surface area contributed by atoms with E-state index in [-0.39, 0.29) is 12.2 Å². The molecule has 1 amide bonds. The van der Waals surface area contributed by atoms with Gasteiger partial charge < -0.3 is 9.47 Å². The largest absolute Gasteiger partial charge is 0.308 e. The monoisotopic (exact) mass is 425 g/mol. The summed E-state index contributed by atoms with van der Waals surface area (Å²) in [6, 6.07) is 3.70. The molecule has 4 rings (SSSR count). The number of rotatable bonds is 6. The standard InChI is InChI=1S/C18H21F2N5O3S/c19-12-3-6-23(10-12)11-17-21-5-8-24(17)13-1-2-16(14(20)9-13)25-7-4-15(18(25)26)22-29(27)28/h1-2,5,8-9,12,15,22H,3-4,6-7,10-11H2,(H,27,28). The highest BCUT2D eigenvalue weighted by molar-refractivity contribution is 7.77. The molecule has 0 radical (unpaired) electrons. The number of amides is 1. The predicted octanol–water partition coefficient (Wildman–Crippen LogP) is 1.39. The molecule has 2 N–H and O–H groups in total. The molecule has 11 heteroatoms. The van der Waals surface area contributed by atoms with Crippen molar-refractivity contribution in [2.24, 2.45) is 0 Å². The molecule has 2 aliphatic rings. The van der Waals surface area contributed by atoms with Crippen molar-refractivity contribution in [2.45, 2.75) is 31.6 Å². The van der Waals surface area contributed by atoms with Crippen molar-refractivity contribution in [3.05, 3.63) is 42.2 Å². The molecule has 0 spiro atoms. The third-order valence-corrected chi connectivity index (χ3v) is 5.73. The van der Waals surface area contributed by atoms with Crippen molar-refractivity contribution >= 4 is 22.9 Å². The fourth-order valence-electron chi connectivity index (χ4n) is 3.83. The summed E-state index contributed by atoms with van der Waals surface area (Å²) in [6.07, 6.45) is 3.32. The van der Waals surface area contributed by atoms with Crippen molar-refractivity contribution < 1.29 is 22.3 Å². The highest BCUT2D eigenvalue weighted by atomic mass is 32.2. The third-order valence-electron chi connectivity index (χ3n) is 5.25. The molecule has 3 heterocycles. The predicted molar refractivity (Wildman–Crippen MR) is 103 cm³/mol. The highest BCUT2D eigenvalue weighted by Gasteiger charge is 2.34. The van der Waals surface area contributed by atoms with E-state index in [0.717, 1.165) is 0 Å². The summed E-state index contributed by atoms with van der Waals surface area (Å²) in [7, 11) is 0. The lowest BCUT2D eigenvalue weighted by Crippen LogP contribution is -2.39. The summed E-state index contributed by atoms with van der Waals surface area (Å²) >= 11 is -2.31. The maximum atomic E-state index is 14.8. The summed E-state index contributed by atoms with van der Waals surface area (Å²) in [5.74, 6) is -0.346. The summed E-state index contributed by atoms with van der Waals surface area (Å²) in [4.78, 5) is 19.9. The van der Waals surface area contributed by atoms with Crippen LogP contribution in [0.3, 0.4) is 0 Å². The van der Waals surface area contributed by atoms with Gasteiger partial charge in [0.2, 0.25) is 17.2 Å². The number of anilines is 1. The summed E-state index contributed by atoms with van der Waals surface area (Å²) in [5, 5.41) is 0. The van der Waals surface area contributed by atoms with E-state index < -0.39 is 35.2 Å². The van der Waals surface area contributed by atoms with Crippen molar-refractivity contribution in [3.63, 3.8) is 0 Å². The topological polar surface area (TPSA) is 90.7 Å². The van der Waals surface area contributed by atoms with Crippen LogP contribution >= 0.6 is 0 Å². The second-order valence-corrected chi connectivity index (χ2v) is 7.90. The maximum Gasteiger partial charge on any atom is 0.245 e. The van der Waals surface area contributed by atoms with Crippen molar-refractivity contribution in [1.29, 1.82) is 0 Å². The van der Waals surface area contributed by atoms with Crippen LogP contribution in [-0.4, -0.2) is 61.0 Å². The minimum absolute atomic E-state index is 0.119. The highest BCUT2D eigenvalue weighted by Crippen LogP contribution is 2.27. The molecule has 2 fully saturated rings. The van der Waals surface area contributed by atoms with Crippen LogP contribution in [0.15, 0.2) is 30.6 Å². The van der Waals surface area contributed by atoms with Gasteiger partial charge in [-0.05, 0) is 25.0 Å². The van der Waals surface area contributed by atoms with Crippen LogP contribution in [0.1, 0.15) is 18.7 Å². The van der Waals surface area contributed by atoms with Gasteiger partial charge in [0.05, 0.1) is 12.2 Å². The van der Waals surface area contributed by atoms with Gasteiger partial charge in [0.25, 0.3) is 0 Å². The molecular weight excluding hydrogens is 404 g/mol. The molecule has 3 atom stereocenters. The molecule has 1 aromatic carbocycles. The number of carbonyl (C=O) groups excluding carboxylic acids is 1. The Morgan fingerprint density at radius 1 is 1.31 bits per heavy atom. The van der Waals surface area contributed by atoms with Gasteiger partial charge in [-0.25, -0.2) is 22.7 Å². The van der Waals surface area contributed by atoms with E-state index in [0.29, 0.717) is 44.0 Å². The Bertz CT molecular complexity index is 940. The van der Waals surface area contributed by atoms with Gasteiger partial charge in [0, 0.05) is 43.8 Å². The van der Waals surface area contributed by atoms with Crippen LogP contribution in [-0.2, 0) is 22.6 Å². The minimum atomic E-state index is -2.31. The zero-order chi connectivity index (χ0) is 20.5. The van der Waals surface area contributed by atoms with Crippen LogP contribution in [0.25, 0.3) is 5.69 Å². The Balaban J connectivity index is 1.52. The fourth-order valence-corrected chi connectivity index (χ4v) is 4.29. The van der Waals surface area contributed by atoms with Crippen molar-refractivity contribution in [2.75, 3.05) is 24.5 Å². The Labute approximate surface area is 168 Å². The number of alkyl halides is 1. The van der Waals surface area contributed by atoms with Crippen molar-refractivity contribution in [1.82, 2.24) is 19.2 Å². The van der Waals surface area contributed by atoms with Gasteiger partial charge in [0.1, 0.15) is 23.9 Å². The number of hydrogen-bond donors (Lipinski definition) is 2.